The zero-order chi connectivity index (χ0) is 12.7. The van der Waals surface area contributed by atoms with E-state index in [2.05, 4.69) is 10.6 Å². The second-order valence-corrected chi connectivity index (χ2v) is 3.82. The summed E-state index contributed by atoms with van der Waals surface area (Å²) in [6, 6.07) is 8.55. The van der Waals surface area contributed by atoms with E-state index in [4.69, 9.17) is 0 Å². The average Bonchev–Trinajstić information content (AvgIpc) is 2.31. The van der Waals surface area contributed by atoms with Crippen molar-refractivity contribution in [2.75, 3.05) is 5.32 Å². The summed E-state index contributed by atoms with van der Waals surface area (Å²) in [4.78, 5) is 23.2. The largest absolute Gasteiger partial charge is 0.325 e. The molecule has 0 heterocycles. The van der Waals surface area contributed by atoms with E-state index in [0.717, 1.165) is 12.8 Å². The first-order chi connectivity index (χ1) is 8.17. The number of benzene rings is 1. The molecule has 0 fully saturated rings. The number of nitrogens with one attached hydrogen (secondary N) is 2. The van der Waals surface area contributed by atoms with E-state index in [-0.39, 0.29) is 11.8 Å². The van der Waals surface area contributed by atoms with Crippen molar-refractivity contribution >= 4 is 17.6 Å². The van der Waals surface area contributed by atoms with Crippen molar-refractivity contribution in [3.8, 4) is 0 Å². The van der Waals surface area contributed by atoms with Crippen LogP contribution in [-0.4, -0.2) is 11.9 Å². The highest BCUT2D eigenvalue weighted by atomic mass is 16.2. The highest BCUT2D eigenvalue weighted by Gasteiger charge is 2.16. The maximum atomic E-state index is 11.6. The Morgan fingerprint density at radius 1 is 1.12 bits per heavy atom. The molecule has 0 unspecified atom stereocenters. The Hall–Kier alpha value is -1.84. The van der Waals surface area contributed by atoms with Gasteiger partial charge in [0.2, 0.25) is 5.91 Å². The molecule has 17 heavy (non-hydrogen) atoms. The number of imide groups is 1. The molecule has 0 saturated carbocycles. The maximum Gasteiger partial charge on any atom is 0.325 e. The predicted molar refractivity (Wildman–Crippen MR) is 67.7 cm³/mol. The molecule has 1 aromatic carbocycles. The molecule has 2 N–H and O–H groups in total. The fourth-order valence-electron chi connectivity index (χ4n) is 1.56. The van der Waals surface area contributed by atoms with Gasteiger partial charge in [0.05, 0.1) is 0 Å². The zero-order valence-electron chi connectivity index (χ0n) is 10.2. The second kappa shape index (κ2) is 6.68. The van der Waals surface area contributed by atoms with E-state index in [1.807, 2.05) is 32.0 Å². The molecule has 92 valence electrons. The molecule has 0 bridgehead atoms. The summed E-state index contributed by atoms with van der Waals surface area (Å²) >= 11 is 0. The molecule has 0 spiro atoms. The number of urea groups is 1. The number of rotatable bonds is 4. The monoisotopic (exact) mass is 234 g/mol. The third-order valence-electron chi connectivity index (χ3n) is 2.62. The molecule has 1 aromatic rings. The van der Waals surface area contributed by atoms with E-state index in [9.17, 15) is 9.59 Å². The Morgan fingerprint density at radius 3 is 2.24 bits per heavy atom. The van der Waals surface area contributed by atoms with Gasteiger partial charge in [0.25, 0.3) is 0 Å². The van der Waals surface area contributed by atoms with Crippen LogP contribution in [-0.2, 0) is 4.79 Å². The van der Waals surface area contributed by atoms with Crippen LogP contribution < -0.4 is 10.6 Å². The lowest BCUT2D eigenvalue weighted by Gasteiger charge is -2.12. The predicted octanol–water partition coefficient (Wildman–Crippen LogP) is 2.77. The van der Waals surface area contributed by atoms with E-state index in [1.165, 1.54) is 0 Å². The van der Waals surface area contributed by atoms with Gasteiger partial charge in [-0.2, -0.15) is 0 Å². The standard InChI is InChI=1S/C13H18N2O2/c1-3-10(4-2)12(16)15-13(17)14-11-8-6-5-7-9-11/h5-10H,3-4H2,1-2H3,(H2,14,15,16,17). The van der Waals surface area contributed by atoms with Crippen molar-refractivity contribution in [2.45, 2.75) is 26.7 Å². The van der Waals surface area contributed by atoms with Crippen molar-refractivity contribution in [1.82, 2.24) is 5.32 Å². The maximum absolute atomic E-state index is 11.6. The fourth-order valence-corrected chi connectivity index (χ4v) is 1.56. The second-order valence-electron chi connectivity index (χ2n) is 3.82. The summed E-state index contributed by atoms with van der Waals surface area (Å²) in [5.41, 5.74) is 0.669. The van der Waals surface area contributed by atoms with Crippen molar-refractivity contribution < 1.29 is 9.59 Å². The number of para-hydroxylation sites is 1. The zero-order valence-corrected chi connectivity index (χ0v) is 10.2. The van der Waals surface area contributed by atoms with Crippen LogP contribution in [0, 0.1) is 5.92 Å². The summed E-state index contributed by atoms with van der Waals surface area (Å²) < 4.78 is 0. The molecule has 0 saturated heterocycles. The van der Waals surface area contributed by atoms with Crippen LogP contribution in [0.1, 0.15) is 26.7 Å². The molecule has 0 aliphatic rings. The molecule has 3 amide bonds. The molecule has 0 aromatic heterocycles. The Kier molecular flexibility index (Phi) is 5.20. The van der Waals surface area contributed by atoms with E-state index < -0.39 is 6.03 Å². The number of amides is 3. The van der Waals surface area contributed by atoms with Crippen LogP contribution in [0.4, 0.5) is 10.5 Å². The van der Waals surface area contributed by atoms with Crippen molar-refractivity contribution in [2.24, 2.45) is 5.92 Å². The van der Waals surface area contributed by atoms with Gasteiger partial charge < -0.3 is 5.32 Å². The van der Waals surface area contributed by atoms with Gasteiger partial charge >= 0.3 is 6.03 Å². The summed E-state index contributed by atoms with van der Waals surface area (Å²) in [5, 5.41) is 4.95. The highest BCUT2D eigenvalue weighted by Crippen LogP contribution is 2.08. The summed E-state index contributed by atoms with van der Waals surface area (Å²) in [7, 11) is 0. The summed E-state index contributed by atoms with van der Waals surface area (Å²) in [5.74, 6) is -0.319. The van der Waals surface area contributed by atoms with Crippen LogP contribution in [0.3, 0.4) is 0 Å². The summed E-state index contributed by atoms with van der Waals surface area (Å²) in [6.07, 6.45) is 1.47. The van der Waals surface area contributed by atoms with Gasteiger partial charge in [0, 0.05) is 11.6 Å². The third-order valence-corrected chi connectivity index (χ3v) is 2.62. The van der Waals surface area contributed by atoms with Crippen LogP contribution in [0.25, 0.3) is 0 Å². The minimum Gasteiger partial charge on any atom is -0.308 e. The lowest BCUT2D eigenvalue weighted by Crippen LogP contribution is -2.38. The normalized spacial score (nSPS) is 10.1. The van der Waals surface area contributed by atoms with Crippen molar-refractivity contribution in [3.63, 3.8) is 0 Å². The molecule has 4 nitrogen and oxygen atoms in total. The minimum absolute atomic E-state index is 0.100. The van der Waals surface area contributed by atoms with Crippen LogP contribution in [0.15, 0.2) is 30.3 Å². The molecular weight excluding hydrogens is 216 g/mol. The van der Waals surface area contributed by atoms with Gasteiger partial charge in [-0.3, -0.25) is 10.1 Å². The third kappa shape index (κ3) is 4.26. The Labute approximate surface area is 101 Å². The van der Waals surface area contributed by atoms with Crippen molar-refractivity contribution in [3.05, 3.63) is 30.3 Å². The number of hydrogen-bond donors (Lipinski definition) is 2. The number of anilines is 1. The van der Waals surface area contributed by atoms with Gasteiger partial charge in [0.1, 0.15) is 0 Å². The number of hydrogen-bond acceptors (Lipinski definition) is 2. The van der Waals surface area contributed by atoms with Crippen LogP contribution >= 0.6 is 0 Å². The smallest absolute Gasteiger partial charge is 0.308 e. The number of carbonyl (C=O) groups is 2. The molecule has 1 rings (SSSR count). The first-order valence-corrected chi connectivity index (χ1v) is 5.84. The Balaban J connectivity index is 2.47. The van der Waals surface area contributed by atoms with Gasteiger partial charge in [-0.1, -0.05) is 32.0 Å². The van der Waals surface area contributed by atoms with E-state index in [0.29, 0.717) is 5.69 Å². The van der Waals surface area contributed by atoms with E-state index >= 15 is 0 Å². The molecular formula is C13H18N2O2. The Bertz CT molecular complexity index is 372. The molecule has 0 aliphatic carbocycles. The molecule has 0 radical (unpaired) electrons. The molecule has 0 atom stereocenters. The Morgan fingerprint density at radius 2 is 1.71 bits per heavy atom. The average molecular weight is 234 g/mol. The quantitative estimate of drug-likeness (QED) is 0.841. The highest BCUT2D eigenvalue weighted by molar-refractivity contribution is 6.01. The molecule has 0 aliphatic heterocycles. The van der Waals surface area contributed by atoms with Crippen LogP contribution in [0.5, 0.6) is 0 Å². The van der Waals surface area contributed by atoms with Crippen molar-refractivity contribution in [1.29, 1.82) is 0 Å². The minimum atomic E-state index is -0.479. The lowest BCUT2D eigenvalue weighted by atomic mass is 10.0. The van der Waals surface area contributed by atoms with E-state index in [1.54, 1.807) is 12.1 Å². The molecule has 4 heteroatoms. The van der Waals surface area contributed by atoms with Gasteiger partial charge in [0.15, 0.2) is 0 Å². The van der Waals surface area contributed by atoms with Gasteiger partial charge in [-0.15, -0.1) is 0 Å². The topological polar surface area (TPSA) is 58.2 Å². The lowest BCUT2D eigenvalue weighted by molar-refractivity contribution is -0.123. The SMILES string of the molecule is CCC(CC)C(=O)NC(=O)Nc1ccccc1. The fraction of sp³-hybridized carbons (Fsp3) is 0.385. The first kappa shape index (κ1) is 13.2. The van der Waals surface area contributed by atoms with Gasteiger partial charge in [-0.25, -0.2) is 4.79 Å². The van der Waals surface area contributed by atoms with Gasteiger partial charge in [-0.05, 0) is 25.0 Å². The van der Waals surface area contributed by atoms with Crippen LogP contribution in [0.2, 0.25) is 0 Å². The number of carbonyl (C=O) groups excluding carboxylic acids is 2. The first-order valence-electron chi connectivity index (χ1n) is 5.84. The summed E-state index contributed by atoms with van der Waals surface area (Å²) in [6.45, 7) is 3.87.